The Balaban J connectivity index is 2.49. The Morgan fingerprint density at radius 3 is 2.50 bits per heavy atom. The first kappa shape index (κ1) is 15.3. The summed E-state index contributed by atoms with van der Waals surface area (Å²) in [6.07, 6.45) is 0. The molecule has 0 unspecified atom stereocenters. The van der Waals surface area contributed by atoms with E-state index in [2.05, 4.69) is 31.9 Å². The Bertz CT molecular complexity index is 631. The van der Waals surface area contributed by atoms with Crippen molar-refractivity contribution >= 4 is 37.6 Å². The van der Waals surface area contributed by atoms with Crippen molar-refractivity contribution in [2.45, 2.75) is 13.8 Å². The number of hydrogen-bond acceptors (Lipinski definition) is 2. The zero-order chi connectivity index (χ0) is 14.7. The zero-order valence-electron chi connectivity index (χ0n) is 11.2. The number of halogens is 2. The number of aryl methyl sites for hydroxylation is 1. The number of carbonyl (C=O) groups excluding carboxylic acids is 1. The first-order chi connectivity index (χ1) is 9.51. The number of hydrogen-bond donors (Lipinski definition) is 0. The molecule has 2 nitrogen and oxygen atoms in total. The molecule has 0 heterocycles. The SMILES string of the molecule is CCOc1ccc(Br)cc1C(=O)c1cc(C)cc(Br)c1. The summed E-state index contributed by atoms with van der Waals surface area (Å²) in [6.45, 7) is 4.39. The smallest absolute Gasteiger partial charge is 0.196 e. The van der Waals surface area contributed by atoms with Crippen LogP contribution in [0.1, 0.15) is 28.4 Å². The fourth-order valence-electron chi connectivity index (χ4n) is 1.98. The summed E-state index contributed by atoms with van der Waals surface area (Å²) in [5.74, 6) is 0.567. The van der Waals surface area contributed by atoms with Crippen LogP contribution in [0.4, 0.5) is 0 Å². The fraction of sp³-hybridized carbons (Fsp3) is 0.188. The van der Waals surface area contributed by atoms with E-state index in [1.54, 1.807) is 6.07 Å². The number of rotatable bonds is 4. The molecule has 2 aromatic rings. The van der Waals surface area contributed by atoms with Crippen LogP contribution < -0.4 is 4.74 Å². The number of ether oxygens (including phenoxy) is 1. The van der Waals surface area contributed by atoms with E-state index in [0.29, 0.717) is 23.5 Å². The maximum atomic E-state index is 12.7. The monoisotopic (exact) mass is 396 g/mol. The van der Waals surface area contributed by atoms with Crippen molar-refractivity contribution in [2.75, 3.05) is 6.61 Å². The van der Waals surface area contributed by atoms with Crippen LogP contribution in [0.3, 0.4) is 0 Å². The van der Waals surface area contributed by atoms with Gasteiger partial charge >= 0.3 is 0 Å². The average molecular weight is 398 g/mol. The Labute approximate surface area is 135 Å². The van der Waals surface area contributed by atoms with E-state index < -0.39 is 0 Å². The first-order valence-corrected chi connectivity index (χ1v) is 7.84. The van der Waals surface area contributed by atoms with Gasteiger partial charge in [0.05, 0.1) is 12.2 Å². The summed E-state index contributed by atoms with van der Waals surface area (Å²) in [5.41, 5.74) is 2.25. The van der Waals surface area contributed by atoms with Gasteiger partial charge in [0, 0.05) is 14.5 Å². The fourth-order valence-corrected chi connectivity index (χ4v) is 2.95. The van der Waals surface area contributed by atoms with Gasteiger partial charge in [0.25, 0.3) is 0 Å². The van der Waals surface area contributed by atoms with Crippen LogP contribution in [0.15, 0.2) is 45.3 Å². The van der Waals surface area contributed by atoms with Crippen LogP contribution in [0.2, 0.25) is 0 Å². The molecule has 104 valence electrons. The van der Waals surface area contributed by atoms with Crippen molar-refractivity contribution in [1.29, 1.82) is 0 Å². The summed E-state index contributed by atoms with van der Waals surface area (Å²) in [7, 11) is 0. The molecule has 0 aliphatic heterocycles. The first-order valence-electron chi connectivity index (χ1n) is 6.25. The average Bonchev–Trinajstić information content (AvgIpc) is 2.39. The Kier molecular flexibility index (Phi) is 5.00. The highest BCUT2D eigenvalue weighted by Crippen LogP contribution is 2.27. The number of carbonyl (C=O) groups is 1. The standard InChI is InChI=1S/C16H14Br2O2/c1-3-20-15-5-4-12(17)9-14(15)16(19)11-6-10(2)7-13(18)8-11/h4-9H,3H2,1-2H3. The summed E-state index contributed by atoms with van der Waals surface area (Å²) in [5, 5.41) is 0. The molecule has 0 aliphatic rings. The van der Waals surface area contributed by atoms with Gasteiger partial charge in [-0.1, -0.05) is 31.9 Å². The highest BCUT2D eigenvalue weighted by Gasteiger charge is 2.16. The van der Waals surface area contributed by atoms with Crippen LogP contribution >= 0.6 is 31.9 Å². The van der Waals surface area contributed by atoms with Gasteiger partial charge in [-0.05, 0) is 55.8 Å². The summed E-state index contributed by atoms with van der Waals surface area (Å²) in [6, 6.07) is 11.2. The minimum Gasteiger partial charge on any atom is -0.493 e. The van der Waals surface area contributed by atoms with Crippen LogP contribution in [-0.2, 0) is 0 Å². The normalized spacial score (nSPS) is 10.4. The maximum Gasteiger partial charge on any atom is 0.196 e. The van der Waals surface area contributed by atoms with Crippen LogP contribution in [0, 0.1) is 6.92 Å². The van der Waals surface area contributed by atoms with E-state index in [1.165, 1.54) is 0 Å². The topological polar surface area (TPSA) is 26.3 Å². The molecule has 0 bridgehead atoms. The molecular formula is C16H14Br2O2. The van der Waals surface area contributed by atoms with Crippen LogP contribution in [0.5, 0.6) is 5.75 Å². The molecule has 0 radical (unpaired) electrons. The van der Waals surface area contributed by atoms with Gasteiger partial charge in [-0.25, -0.2) is 0 Å². The summed E-state index contributed by atoms with van der Waals surface area (Å²) >= 11 is 6.82. The molecule has 0 N–H and O–H groups in total. The van der Waals surface area contributed by atoms with Crippen LogP contribution in [-0.4, -0.2) is 12.4 Å². The summed E-state index contributed by atoms with van der Waals surface area (Å²) < 4.78 is 7.30. The molecule has 0 saturated carbocycles. The second-order valence-corrected chi connectivity index (χ2v) is 6.25. The van der Waals surface area contributed by atoms with Crippen molar-refractivity contribution in [3.8, 4) is 5.75 Å². The van der Waals surface area contributed by atoms with E-state index in [9.17, 15) is 4.79 Å². The molecule has 0 aromatic heterocycles. The minimum atomic E-state index is -0.0425. The molecule has 0 spiro atoms. The molecule has 0 atom stereocenters. The van der Waals surface area contributed by atoms with Gasteiger partial charge in [-0.3, -0.25) is 4.79 Å². The molecule has 2 rings (SSSR count). The predicted molar refractivity (Wildman–Crippen MR) is 87.6 cm³/mol. The van der Waals surface area contributed by atoms with Gasteiger partial charge in [-0.2, -0.15) is 0 Å². The third-order valence-corrected chi connectivity index (χ3v) is 3.74. The minimum absolute atomic E-state index is 0.0425. The molecule has 4 heteroatoms. The second-order valence-electron chi connectivity index (χ2n) is 4.42. The van der Waals surface area contributed by atoms with Gasteiger partial charge in [0.15, 0.2) is 5.78 Å². The lowest BCUT2D eigenvalue weighted by Crippen LogP contribution is -2.06. The molecule has 20 heavy (non-hydrogen) atoms. The van der Waals surface area contributed by atoms with Gasteiger partial charge in [-0.15, -0.1) is 0 Å². The lowest BCUT2D eigenvalue weighted by molar-refractivity contribution is 0.103. The molecule has 0 saturated heterocycles. The predicted octanol–water partition coefficient (Wildman–Crippen LogP) is 5.15. The molecule has 2 aromatic carbocycles. The van der Waals surface area contributed by atoms with Crippen molar-refractivity contribution in [1.82, 2.24) is 0 Å². The van der Waals surface area contributed by atoms with E-state index in [-0.39, 0.29) is 5.78 Å². The highest BCUT2D eigenvalue weighted by atomic mass is 79.9. The van der Waals surface area contributed by atoms with Crippen molar-refractivity contribution in [3.05, 3.63) is 62.0 Å². The third-order valence-electron chi connectivity index (χ3n) is 2.79. The maximum absolute atomic E-state index is 12.7. The van der Waals surface area contributed by atoms with E-state index in [4.69, 9.17) is 4.74 Å². The molecular weight excluding hydrogens is 384 g/mol. The second kappa shape index (κ2) is 6.55. The Hall–Kier alpha value is -1.13. The number of ketones is 1. The van der Waals surface area contributed by atoms with Crippen molar-refractivity contribution in [3.63, 3.8) is 0 Å². The van der Waals surface area contributed by atoms with E-state index in [1.807, 2.05) is 44.2 Å². The summed E-state index contributed by atoms with van der Waals surface area (Å²) in [4.78, 5) is 12.7. The lowest BCUT2D eigenvalue weighted by Gasteiger charge is -2.10. The van der Waals surface area contributed by atoms with Crippen LogP contribution in [0.25, 0.3) is 0 Å². The quantitative estimate of drug-likeness (QED) is 0.667. The zero-order valence-corrected chi connectivity index (χ0v) is 14.4. The lowest BCUT2D eigenvalue weighted by atomic mass is 10.0. The Morgan fingerprint density at radius 2 is 1.85 bits per heavy atom. The molecule has 0 aliphatic carbocycles. The van der Waals surface area contributed by atoms with Gasteiger partial charge in [0.1, 0.15) is 5.75 Å². The Morgan fingerprint density at radius 1 is 1.10 bits per heavy atom. The van der Waals surface area contributed by atoms with Gasteiger partial charge in [0.2, 0.25) is 0 Å². The van der Waals surface area contributed by atoms with Crippen molar-refractivity contribution in [2.24, 2.45) is 0 Å². The van der Waals surface area contributed by atoms with Gasteiger partial charge < -0.3 is 4.74 Å². The van der Waals surface area contributed by atoms with E-state index in [0.717, 1.165) is 14.5 Å². The van der Waals surface area contributed by atoms with Crippen molar-refractivity contribution < 1.29 is 9.53 Å². The highest BCUT2D eigenvalue weighted by molar-refractivity contribution is 9.10. The number of benzene rings is 2. The largest absolute Gasteiger partial charge is 0.493 e. The molecule has 0 fully saturated rings. The van der Waals surface area contributed by atoms with E-state index >= 15 is 0 Å². The third kappa shape index (κ3) is 3.49. The molecule has 0 amide bonds.